The number of pyridine rings is 1. The van der Waals surface area contributed by atoms with Crippen molar-refractivity contribution in [2.75, 3.05) is 13.2 Å². The second-order valence-corrected chi connectivity index (χ2v) is 8.83. The molecule has 0 saturated heterocycles. The molecule has 1 aromatic heterocycles. The Labute approximate surface area is 201 Å². The van der Waals surface area contributed by atoms with E-state index in [2.05, 4.69) is 17.2 Å². The summed E-state index contributed by atoms with van der Waals surface area (Å²) in [6.07, 6.45) is 12.5. The number of carboxylic acid groups (broad SMARTS) is 1. The molecule has 2 aromatic rings. The summed E-state index contributed by atoms with van der Waals surface area (Å²) in [5, 5.41) is 13.6. The maximum absolute atomic E-state index is 10.7. The first-order valence-electron chi connectivity index (χ1n) is 11.5. The molecule has 1 aliphatic rings. The zero-order valence-electron chi connectivity index (χ0n) is 18.8. The van der Waals surface area contributed by atoms with E-state index in [1.54, 1.807) is 24.4 Å². The Hall–Kier alpha value is -1.82. The van der Waals surface area contributed by atoms with Gasteiger partial charge in [-0.2, -0.15) is 0 Å². The van der Waals surface area contributed by atoms with Gasteiger partial charge < -0.3 is 15.2 Å². The number of nitrogens with one attached hydrogen (secondary N) is 1. The molecule has 1 atom stereocenters. The highest BCUT2D eigenvalue weighted by atomic mass is 35.5. The summed E-state index contributed by atoms with van der Waals surface area (Å²) in [4.78, 5) is 14.6. The molecule has 0 radical (unpaired) electrons. The predicted molar refractivity (Wildman–Crippen MR) is 131 cm³/mol. The maximum Gasteiger partial charge on any atom is 0.314 e. The number of nitrogens with zero attached hydrogens (tertiary/aromatic N) is 1. The van der Waals surface area contributed by atoms with Crippen LogP contribution >= 0.6 is 23.2 Å². The molecule has 0 bridgehead atoms. The zero-order chi connectivity index (χ0) is 23.2. The molecule has 0 saturated carbocycles. The average Bonchev–Trinajstić information content (AvgIpc) is 3.21. The molecule has 3 rings (SSSR count). The smallest absolute Gasteiger partial charge is 0.314 e. The second-order valence-electron chi connectivity index (χ2n) is 7.99. The fourth-order valence-electron chi connectivity index (χ4n) is 3.52. The number of fused-ring (bicyclic) bond motifs is 1. The van der Waals surface area contributed by atoms with E-state index in [1.165, 1.54) is 51.4 Å². The van der Waals surface area contributed by atoms with Gasteiger partial charge in [0.2, 0.25) is 5.88 Å². The molecule has 1 unspecified atom stereocenters. The van der Waals surface area contributed by atoms with Gasteiger partial charge in [-0.25, -0.2) is 4.98 Å². The highest BCUT2D eigenvalue weighted by molar-refractivity contribution is 6.35. The predicted octanol–water partition coefficient (Wildman–Crippen LogP) is 6.87. The van der Waals surface area contributed by atoms with Crippen molar-refractivity contribution in [2.45, 2.75) is 70.8 Å². The molecule has 1 aromatic carbocycles. The van der Waals surface area contributed by atoms with Crippen LogP contribution in [0, 0.1) is 0 Å². The van der Waals surface area contributed by atoms with Gasteiger partial charge in [0.05, 0.1) is 0 Å². The molecule has 5 nitrogen and oxygen atoms in total. The fourth-order valence-corrected chi connectivity index (χ4v) is 3.99. The Balaban J connectivity index is 0.000000255. The first-order valence-corrected chi connectivity index (χ1v) is 12.2. The van der Waals surface area contributed by atoms with Crippen molar-refractivity contribution in [3.63, 3.8) is 0 Å². The molecule has 0 amide bonds. The first-order chi connectivity index (χ1) is 15.5. The van der Waals surface area contributed by atoms with E-state index in [9.17, 15) is 4.79 Å². The normalized spacial score (nSPS) is 14.3. The van der Waals surface area contributed by atoms with Gasteiger partial charge >= 0.3 is 5.97 Å². The Bertz CT molecular complexity index is 833. The lowest BCUT2D eigenvalue weighted by Gasteiger charge is -2.07. The number of hydrogen-bond acceptors (Lipinski definition) is 4. The lowest BCUT2D eigenvalue weighted by atomic mass is 10.0. The monoisotopic (exact) mass is 480 g/mol. The number of carbonyl (C=O) groups is 1. The minimum Gasteiger partial charge on any atom is -0.481 e. The Morgan fingerprint density at radius 3 is 2.53 bits per heavy atom. The van der Waals surface area contributed by atoms with Crippen LogP contribution in [0.2, 0.25) is 10.0 Å². The van der Waals surface area contributed by atoms with Crippen LogP contribution in [-0.2, 0) is 11.3 Å². The molecule has 2 N–H and O–H groups in total. The lowest BCUT2D eigenvalue weighted by Crippen LogP contribution is -2.14. The van der Waals surface area contributed by atoms with E-state index in [-0.39, 0.29) is 6.61 Å². The van der Waals surface area contributed by atoms with Crippen molar-refractivity contribution < 1.29 is 14.6 Å². The molecule has 7 heteroatoms. The highest BCUT2D eigenvalue weighted by Crippen LogP contribution is 2.31. The van der Waals surface area contributed by atoms with Crippen molar-refractivity contribution in [3.8, 4) is 5.88 Å². The number of rotatable bonds is 12. The topological polar surface area (TPSA) is 71.5 Å². The van der Waals surface area contributed by atoms with E-state index < -0.39 is 11.9 Å². The van der Waals surface area contributed by atoms with Crippen molar-refractivity contribution in [1.82, 2.24) is 10.3 Å². The number of aromatic nitrogens is 1. The van der Waals surface area contributed by atoms with Gasteiger partial charge in [0.25, 0.3) is 0 Å². The van der Waals surface area contributed by atoms with Crippen molar-refractivity contribution in [3.05, 3.63) is 57.7 Å². The third kappa shape index (κ3) is 9.35. The van der Waals surface area contributed by atoms with Gasteiger partial charge in [-0.15, -0.1) is 0 Å². The van der Waals surface area contributed by atoms with Gasteiger partial charge in [-0.3, -0.25) is 4.79 Å². The fraction of sp³-hybridized carbons (Fsp3) is 0.520. The number of benzene rings is 1. The third-order valence-electron chi connectivity index (χ3n) is 5.40. The van der Waals surface area contributed by atoms with E-state index >= 15 is 0 Å². The molecule has 0 spiro atoms. The number of unbranched alkanes of at least 4 members (excludes halogenated alkanes) is 7. The van der Waals surface area contributed by atoms with E-state index in [4.69, 9.17) is 33.0 Å². The molecule has 0 fully saturated rings. The maximum atomic E-state index is 10.7. The van der Waals surface area contributed by atoms with Crippen LogP contribution in [0.3, 0.4) is 0 Å². The van der Waals surface area contributed by atoms with Crippen LogP contribution in [0.1, 0.15) is 75.3 Å². The summed E-state index contributed by atoms with van der Waals surface area (Å²) in [5.41, 5.74) is 1.79. The quantitative estimate of drug-likeness (QED) is 0.324. The summed E-state index contributed by atoms with van der Waals surface area (Å²) >= 11 is 12.0. The minimum atomic E-state index is -0.859. The molecule has 176 valence electrons. The van der Waals surface area contributed by atoms with Gasteiger partial charge in [-0.1, -0.05) is 87.2 Å². The third-order valence-corrected chi connectivity index (χ3v) is 5.99. The van der Waals surface area contributed by atoms with E-state index in [0.29, 0.717) is 16.5 Å². The van der Waals surface area contributed by atoms with Crippen LogP contribution in [0.4, 0.5) is 0 Å². The van der Waals surface area contributed by atoms with Crippen molar-refractivity contribution in [1.29, 1.82) is 0 Å². The molecule has 32 heavy (non-hydrogen) atoms. The van der Waals surface area contributed by atoms with Crippen molar-refractivity contribution >= 4 is 29.2 Å². The summed E-state index contributed by atoms with van der Waals surface area (Å²) < 4.78 is 5.08. The molecule has 2 heterocycles. The summed E-state index contributed by atoms with van der Waals surface area (Å²) in [5.74, 6) is -0.958. The zero-order valence-corrected chi connectivity index (χ0v) is 20.3. The van der Waals surface area contributed by atoms with Crippen LogP contribution in [0.25, 0.3) is 0 Å². The van der Waals surface area contributed by atoms with Crippen LogP contribution in [0.15, 0.2) is 36.5 Å². The van der Waals surface area contributed by atoms with E-state index in [0.717, 1.165) is 23.7 Å². The number of aliphatic carboxylic acids is 1. The van der Waals surface area contributed by atoms with Gasteiger partial charge in [-0.05, 0) is 36.7 Å². The summed E-state index contributed by atoms with van der Waals surface area (Å²) in [6.45, 7) is 4.35. The Morgan fingerprint density at radius 1 is 1.12 bits per heavy atom. The Morgan fingerprint density at radius 2 is 1.84 bits per heavy atom. The SMILES string of the molecule is CCCCCCCCCCNCc1ccc(Cl)cc1Cl.O=C(O)C1COc2ncccc21. The second kappa shape index (κ2) is 15.1. The van der Waals surface area contributed by atoms with Crippen molar-refractivity contribution in [2.24, 2.45) is 0 Å². The standard InChI is InChI=1S/C17H27Cl2N.C8H7NO3/c1-2-3-4-5-6-7-8-9-12-20-14-15-10-11-16(18)13-17(15)19;10-8(11)6-4-12-7-5(6)2-1-3-9-7/h10-11,13,20H,2-9,12,14H2,1H3;1-3,6H,4H2,(H,10,11). The summed E-state index contributed by atoms with van der Waals surface area (Å²) in [6, 6.07) is 9.13. The lowest BCUT2D eigenvalue weighted by molar-refractivity contribution is -0.138. The molecular weight excluding hydrogens is 447 g/mol. The molecular formula is C25H34Cl2N2O3. The number of ether oxygens (including phenoxy) is 1. The first kappa shape index (κ1) is 26.4. The number of halogens is 2. The van der Waals surface area contributed by atoms with Crippen LogP contribution in [0.5, 0.6) is 5.88 Å². The average molecular weight is 481 g/mol. The molecule has 0 aliphatic carbocycles. The van der Waals surface area contributed by atoms with Gasteiger partial charge in [0.1, 0.15) is 12.5 Å². The van der Waals surface area contributed by atoms with Gasteiger partial charge in [0.15, 0.2) is 0 Å². The van der Waals surface area contributed by atoms with Crippen LogP contribution < -0.4 is 10.1 Å². The van der Waals surface area contributed by atoms with Crippen LogP contribution in [-0.4, -0.2) is 29.2 Å². The highest BCUT2D eigenvalue weighted by Gasteiger charge is 2.30. The summed E-state index contributed by atoms with van der Waals surface area (Å²) in [7, 11) is 0. The van der Waals surface area contributed by atoms with Gasteiger partial charge in [0, 0.05) is 28.4 Å². The number of hydrogen-bond donors (Lipinski definition) is 2. The number of carboxylic acids is 1. The largest absolute Gasteiger partial charge is 0.481 e. The Kier molecular flexibility index (Phi) is 12.5. The molecule has 1 aliphatic heterocycles. The minimum absolute atomic E-state index is 0.196. The van der Waals surface area contributed by atoms with E-state index in [1.807, 2.05) is 12.1 Å².